The number of benzene rings is 1. The largest absolute Gasteiger partial charge is 0.495 e. The number of amides is 1. The second-order valence-electron chi connectivity index (χ2n) is 5.88. The van der Waals surface area contributed by atoms with Crippen LogP contribution in [-0.2, 0) is 14.8 Å². The lowest BCUT2D eigenvalue weighted by Crippen LogP contribution is -2.47. The van der Waals surface area contributed by atoms with Gasteiger partial charge in [0.1, 0.15) is 12.3 Å². The molecule has 1 rings (SSSR count). The van der Waals surface area contributed by atoms with E-state index in [9.17, 15) is 13.2 Å². The molecular formula is C14H21ClN2O4S. The number of methoxy groups -OCH3 is 1. The fourth-order valence-electron chi connectivity index (χ4n) is 1.83. The van der Waals surface area contributed by atoms with Crippen LogP contribution in [0.4, 0.5) is 5.69 Å². The van der Waals surface area contributed by atoms with Crippen molar-refractivity contribution in [1.29, 1.82) is 0 Å². The third kappa shape index (κ3) is 5.38. The van der Waals surface area contributed by atoms with Gasteiger partial charge in [0.25, 0.3) is 0 Å². The van der Waals surface area contributed by atoms with Gasteiger partial charge in [0.15, 0.2) is 0 Å². The van der Waals surface area contributed by atoms with E-state index in [1.807, 2.05) is 20.8 Å². The smallest absolute Gasteiger partial charge is 0.241 e. The summed E-state index contributed by atoms with van der Waals surface area (Å²) in [7, 11) is -2.27. The Balaban J connectivity index is 3.21. The second kappa shape index (κ2) is 6.75. The van der Waals surface area contributed by atoms with Gasteiger partial charge in [-0.15, -0.1) is 0 Å². The van der Waals surface area contributed by atoms with Crippen molar-refractivity contribution in [3.63, 3.8) is 0 Å². The van der Waals surface area contributed by atoms with Crippen molar-refractivity contribution < 1.29 is 17.9 Å². The van der Waals surface area contributed by atoms with Crippen molar-refractivity contribution in [3.8, 4) is 5.75 Å². The number of hydrogen-bond donors (Lipinski definition) is 1. The maximum Gasteiger partial charge on any atom is 0.241 e. The molecule has 124 valence electrons. The van der Waals surface area contributed by atoms with E-state index in [-0.39, 0.29) is 12.2 Å². The predicted octanol–water partition coefficient (Wildman–Crippen LogP) is 2.03. The molecule has 0 radical (unpaired) electrons. The Morgan fingerprint density at radius 2 is 1.95 bits per heavy atom. The maximum atomic E-state index is 12.1. The molecule has 8 heteroatoms. The van der Waals surface area contributed by atoms with E-state index >= 15 is 0 Å². The molecule has 0 spiro atoms. The summed E-state index contributed by atoms with van der Waals surface area (Å²) in [5.74, 6) is -0.0988. The van der Waals surface area contributed by atoms with Crippen LogP contribution in [0.3, 0.4) is 0 Å². The summed E-state index contributed by atoms with van der Waals surface area (Å²) in [4.78, 5) is 12.1. The topological polar surface area (TPSA) is 75.7 Å². The summed E-state index contributed by atoms with van der Waals surface area (Å²) < 4.78 is 30.3. The number of carbonyl (C=O) groups is 1. The first kappa shape index (κ1) is 18.6. The zero-order valence-corrected chi connectivity index (χ0v) is 14.9. The average molecular weight is 349 g/mol. The van der Waals surface area contributed by atoms with E-state index in [0.29, 0.717) is 10.8 Å². The molecule has 0 saturated heterocycles. The Bertz CT molecular complexity index is 653. The summed E-state index contributed by atoms with van der Waals surface area (Å²) in [5, 5.41) is 3.07. The zero-order chi connectivity index (χ0) is 17.1. The molecule has 0 aromatic heterocycles. The van der Waals surface area contributed by atoms with Gasteiger partial charge in [-0.3, -0.25) is 9.10 Å². The first-order chi connectivity index (χ1) is 9.94. The molecule has 0 aliphatic rings. The van der Waals surface area contributed by atoms with Crippen LogP contribution in [0.1, 0.15) is 20.8 Å². The average Bonchev–Trinajstić information content (AvgIpc) is 2.32. The molecule has 0 aliphatic carbocycles. The van der Waals surface area contributed by atoms with Gasteiger partial charge in [0, 0.05) is 10.6 Å². The molecule has 1 aromatic rings. The molecule has 1 N–H and O–H groups in total. The van der Waals surface area contributed by atoms with E-state index in [1.165, 1.54) is 13.2 Å². The van der Waals surface area contributed by atoms with Crippen molar-refractivity contribution >= 4 is 33.2 Å². The lowest BCUT2D eigenvalue weighted by molar-refractivity contribution is -0.121. The molecule has 0 heterocycles. The molecule has 0 fully saturated rings. The lowest BCUT2D eigenvalue weighted by Gasteiger charge is -2.26. The third-order valence-electron chi connectivity index (χ3n) is 2.61. The van der Waals surface area contributed by atoms with Gasteiger partial charge in [0.2, 0.25) is 15.9 Å². The summed E-state index contributed by atoms with van der Waals surface area (Å²) in [6.45, 7) is 5.09. The molecule has 22 heavy (non-hydrogen) atoms. The Morgan fingerprint density at radius 1 is 1.36 bits per heavy atom. The summed E-state index contributed by atoms with van der Waals surface area (Å²) in [6.07, 6.45) is 1.03. The van der Waals surface area contributed by atoms with E-state index in [1.54, 1.807) is 12.1 Å². The predicted molar refractivity (Wildman–Crippen MR) is 88.1 cm³/mol. The number of rotatable bonds is 5. The minimum Gasteiger partial charge on any atom is -0.495 e. The van der Waals surface area contributed by atoms with Crippen LogP contribution < -0.4 is 14.4 Å². The fourth-order valence-corrected chi connectivity index (χ4v) is 2.85. The monoisotopic (exact) mass is 348 g/mol. The summed E-state index contributed by atoms with van der Waals surface area (Å²) in [6, 6.07) is 4.59. The molecule has 0 bridgehead atoms. The van der Waals surface area contributed by atoms with Gasteiger partial charge in [-0.25, -0.2) is 8.42 Å². The Hall–Kier alpha value is -1.47. The minimum atomic E-state index is -3.68. The van der Waals surface area contributed by atoms with Crippen molar-refractivity contribution in [2.75, 3.05) is 24.2 Å². The van der Waals surface area contributed by atoms with Crippen LogP contribution in [0, 0.1) is 0 Å². The number of carbonyl (C=O) groups excluding carboxylic acids is 1. The zero-order valence-electron chi connectivity index (χ0n) is 13.3. The van der Waals surface area contributed by atoms with Crippen LogP contribution >= 0.6 is 11.6 Å². The molecule has 0 atom stereocenters. The third-order valence-corrected chi connectivity index (χ3v) is 3.97. The number of hydrogen-bond acceptors (Lipinski definition) is 4. The molecule has 1 amide bonds. The van der Waals surface area contributed by atoms with E-state index < -0.39 is 21.5 Å². The maximum absolute atomic E-state index is 12.1. The molecule has 1 aromatic carbocycles. The number of ether oxygens (including phenoxy) is 1. The van der Waals surface area contributed by atoms with Gasteiger partial charge in [0.05, 0.1) is 19.1 Å². The highest BCUT2D eigenvalue weighted by atomic mass is 35.5. The van der Waals surface area contributed by atoms with Gasteiger partial charge >= 0.3 is 0 Å². The van der Waals surface area contributed by atoms with E-state index in [4.69, 9.17) is 16.3 Å². The highest BCUT2D eigenvalue weighted by Crippen LogP contribution is 2.32. The SMILES string of the molecule is COc1ccc(Cl)cc1N(CC(=O)NC(C)(C)C)S(C)(=O)=O. The van der Waals surface area contributed by atoms with E-state index in [0.717, 1.165) is 10.6 Å². The normalized spacial score (nSPS) is 11.9. The van der Waals surface area contributed by atoms with Crippen LogP contribution in [0.15, 0.2) is 18.2 Å². The van der Waals surface area contributed by atoms with Crippen molar-refractivity contribution in [3.05, 3.63) is 23.2 Å². The van der Waals surface area contributed by atoms with Crippen LogP contribution in [-0.4, -0.2) is 39.8 Å². The van der Waals surface area contributed by atoms with Crippen LogP contribution in [0.5, 0.6) is 5.75 Å². The Kier molecular flexibility index (Phi) is 5.70. The molecule has 6 nitrogen and oxygen atoms in total. The van der Waals surface area contributed by atoms with Gasteiger partial charge in [-0.1, -0.05) is 11.6 Å². The first-order valence-electron chi connectivity index (χ1n) is 6.56. The molecule has 0 aliphatic heterocycles. The van der Waals surface area contributed by atoms with Crippen molar-refractivity contribution in [2.45, 2.75) is 26.3 Å². The lowest BCUT2D eigenvalue weighted by atomic mass is 10.1. The van der Waals surface area contributed by atoms with Crippen molar-refractivity contribution in [2.24, 2.45) is 0 Å². The highest BCUT2D eigenvalue weighted by Gasteiger charge is 2.25. The number of nitrogens with one attached hydrogen (secondary N) is 1. The van der Waals surface area contributed by atoms with Crippen LogP contribution in [0.2, 0.25) is 5.02 Å². The second-order valence-corrected chi connectivity index (χ2v) is 8.23. The highest BCUT2D eigenvalue weighted by molar-refractivity contribution is 7.92. The summed E-state index contributed by atoms with van der Waals surface area (Å²) >= 11 is 5.93. The van der Waals surface area contributed by atoms with Gasteiger partial charge in [-0.05, 0) is 39.0 Å². The Morgan fingerprint density at radius 3 is 2.41 bits per heavy atom. The first-order valence-corrected chi connectivity index (χ1v) is 8.79. The number of anilines is 1. The molecular weight excluding hydrogens is 328 g/mol. The molecule has 0 unspecified atom stereocenters. The van der Waals surface area contributed by atoms with E-state index in [2.05, 4.69) is 5.32 Å². The summed E-state index contributed by atoms with van der Waals surface area (Å²) in [5.41, 5.74) is -0.236. The number of sulfonamides is 1. The standard InChI is InChI=1S/C14H21ClN2O4S/c1-14(2,3)16-13(18)9-17(22(5,19)20)11-8-10(15)6-7-12(11)21-4/h6-8H,9H2,1-5H3,(H,16,18). The fraction of sp³-hybridized carbons (Fsp3) is 0.500. The molecule has 0 saturated carbocycles. The number of halogens is 1. The quantitative estimate of drug-likeness (QED) is 0.883. The van der Waals surface area contributed by atoms with Gasteiger partial charge in [-0.2, -0.15) is 0 Å². The minimum absolute atomic E-state index is 0.224. The number of nitrogens with zero attached hydrogens (tertiary/aromatic N) is 1. The van der Waals surface area contributed by atoms with Crippen LogP contribution in [0.25, 0.3) is 0 Å². The van der Waals surface area contributed by atoms with Crippen molar-refractivity contribution in [1.82, 2.24) is 5.32 Å². The Labute approximate surface area is 136 Å². The van der Waals surface area contributed by atoms with Gasteiger partial charge < -0.3 is 10.1 Å².